The molecule has 0 fully saturated rings. The first-order valence-electron chi connectivity index (χ1n) is 15.6. The molecule has 0 saturated heterocycles. The first-order chi connectivity index (χ1) is 23.9. The second kappa shape index (κ2) is 11.2. The third-order valence-corrected chi connectivity index (χ3v) is 9.04. The molecule has 0 saturated carbocycles. The Bertz CT molecular complexity index is 2760. The molecule has 0 aliphatic rings. The summed E-state index contributed by atoms with van der Waals surface area (Å²) in [6.07, 6.45) is 0. The predicted octanol–water partition coefficient (Wildman–Crippen LogP) is 4.31. The molecule has 5 nitrogen and oxygen atoms in total. The van der Waals surface area contributed by atoms with Crippen LogP contribution in [-0.4, -0.2) is 54.2 Å². The molecular weight excluding hydrogens is 597 g/mol. The Hall–Kier alpha value is -5.75. The molecule has 0 amide bonds. The molecule has 9 aromatic rings. The smallest absolute Gasteiger partial charge is 0.164 e. The van der Waals surface area contributed by atoms with Gasteiger partial charge in [0.1, 0.15) is 61.6 Å². The van der Waals surface area contributed by atoms with Crippen LogP contribution < -0.4 is 27.3 Å². The fraction of sp³-hybridized carbons (Fsp3) is 0. The van der Waals surface area contributed by atoms with Crippen molar-refractivity contribution in [2.45, 2.75) is 0 Å². The molecule has 0 aliphatic heterocycles. The van der Waals surface area contributed by atoms with Crippen LogP contribution in [0.3, 0.4) is 0 Å². The normalized spacial score (nSPS) is 11.7. The third-order valence-electron chi connectivity index (χ3n) is 9.04. The molecule has 0 unspecified atom stereocenters. The quantitative estimate of drug-likeness (QED) is 0.277. The largest absolute Gasteiger partial charge is 0.456 e. The van der Waals surface area contributed by atoms with Crippen molar-refractivity contribution in [3.05, 3.63) is 109 Å². The molecule has 49 heavy (non-hydrogen) atoms. The average Bonchev–Trinajstić information content (AvgIpc) is 3.72. The van der Waals surface area contributed by atoms with Gasteiger partial charge in [-0.25, -0.2) is 15.0 Å². The second-order valence-electron chi connectivity index (χ2n) is 11.9. The Labute approximate surface area is 287 Å². The SMILES string of the molecule is [B]c1c([B])c([B])c(-c2nc(-c3ccccc3)nc(-c3cccc4oc5ccc(-c6cccc7c6oc6ccccc67)cc5c34)n2)c([B])c1[B]. The maximum atomic E-state index is 6.48. The molecule has 10 heteroatoms. The topological polar surface area (TPSA) is 65.0 Å². The van der Waals surface area contributed by atoms with Crippen LogP contribution in [0.15, 0.2) is 118 Å². The van der Waals surface area contributed by atoms with Crippen molar-refractivity contribution in [1.82, 2.24) is 15.0 Å². The monoisotopic (exact) mass is 615 g/mol. The molecule has 0 N–H and O–H groups in total. The van der Waals surface area contributed by atoms with E-state index in [4.69, 9.17) is 63.0 Å². The van der Waals surface area contributed by atoms with E-state index in [-0.39, 0.29) is 38.7 Å². The van der Waals surface area contributed by atoms with Gasteiger partial charge in [-0.05, 0) is 29.8 Å². The van der Waals surface area contributed by atoms with Crippen LogP contribution in [0.5, 0.6) is 0 Å². The number of nitrogens with zero attached hydrogens (tertiary/aromatic N) is 3. The zero-order valence-corrected chi connectivity index (χ0v) is 25.9. The van der Waals surface area contributed by atoms with Crippen LogP contribution in [0.25, 0.3) is 89.2 Å². The summed E-state index contributed by atoms with van der Waals surface area (Å²) in [4.78, 5) is 14.7. The Kier molecular flexibility index (Phi) is 6.70. The first-order valence-corrected chi connectivity index (χ1v) is 15.6. The number of benzene rings is 6. The van der Waals surface area contributed by atoms with Crippen LogP contribution >= 0.6 is 0 Å². The van der Waals surface area contributed by atoms with Gasteiger partial charge in [0.15, 0.2) is 17.5 Å². The number of hydrogen-bond acceptors (Lipinski definition) is 5. The van der Waals surface area contributed by atoms with Crippen molar-refractivity contribution in [2.24, 2.45) is 0 Å². The number of hydrogen-bond donors (Lipinski definition) is 0. The van der Waals surface area contributed by atoms with Gasteiger partial charge in [-0.2, -0.15) is 0 Å². The number of rotatable bonds is 4. The maximum absolute atomic E-state index is 6.48. The van der Waals surface area contributed by atoms with Crippen LogP contribution in [0.4, 0.5) is 0 Å². The molecule has 6 aromatic carbocycles. The molecule has 0 atom stereocenters. The minimum atomic E-state index is 0.111. The van der Waals surface area contributed by atoms with E-state index in [1.165, 1.54) is 0 Å². The number of para-hydroxylation sites is 2. The number of furan rings is 2. The fourth-order valence-electron chi connectivity index (χ4n) is 6.57. The molecule has 3 heterocycles. The lowest BCUT2D eigenvalue weighted by Crippen LogP contribution is -2.55. The third kappa shape index (κ3) is 4.58. The van der Waals surface area contributed by atoms with E-state index in [1.54, 1.807) is 0 Å². The summed E-state index contributed by atoms with van der Waals surface area (Å²) in [6.45, 7) is 0. The number of fused-ring (bicyclic) bond motifs is 6. The average molecular weight is 615 g/mol. The van der Waals surface area contributed by atoms with E-state index in [0.717, 1.165) is 55.0 Å². The molecule has 0 aliphatic carbocycles. The van der Waals surface area contributed by atoms with Gasteiger partial charge >= 0.3 is 0 Å². The van der Waals surface area contributed by atoms with Crippen molar-refractivity contribution in [2.75, 3.05) is 0 Å². The van der Waals surface area contributed by atoms with Gasteiger partial charge in [0, 0.05) is 43.8 Å². The Morgan fingerprint density at radius 2 is 1.02 bits per heavy atom. The summed E-state index contributed by atoms with van der Waals surface area (Å²) in [5.41, 5.74) is 7.39. The first kappa shape index (κ1) is 29.4. The zero-order chi connectivity index (χ0) is 33.4. The molecular formula is C39H18B5N3O2. The van der Waals surface area contributed by atoms with E-state index in [2.05, 4.69) is 24.3 Å². The van der Waals surface area contributed by atoms with Gasteiger partial charge in [-0.1, -0.05) is 95.9 Å². The van der Waals surface area contributed by atoms with Gasteiger partial charge in [0.25, 0.3) is 0 Å². The van der Waals surface area contributed by atoms with Crippen molar-refractivity contribution < 1.29 is 8.83 Å². The minimum absolute atomic E-state index is 0.111. The van der Waals surface area contributed by atoms with Gasteiger partial charge < -0.3 is 8.83 Å². The lowest BCUT2D eigenvalue weighted by atomic mass is 9.60. The fourth-order valence-corrected chi connectivity index (χ4v) is 6.57. The lowest BCUT2D eigenvalue weighted by Gasteiger charge is -2.20. The summed E-state index contributed by atoms with van der Waals surface area (Å²) in [7, 11) is 31.6. The highest BCUT2D eigenvalue weighted by atomic mass is 16.3. The van der Waals surface area contributed by atoms with Crippen LogP contribution in [-0.2, 0) is 0 Å². The van der Waals surface area contributed by atoms with Gasteiger partial charge in [-0.3, -0.25) is 0 Å². The summed E-state index contributed by atoms with van der Waals surface area (Å²) in [5, 5.41) is 3.85. The molecule has 0 bridgehead atoms. The highest BCUT2D eigenvalue weighted by Crippen LogP contribution is 2.40. The highest BCUT2D eigenvalue weighted by Gasteiger charge is 2.21. The summed E-state index contributed by atoms with van der Waals surface area (Å²) in [6, 6.07) is 35.8. The van der Waals surface area contributed by atoms with E-state index in [9.17, 15) is 0 Å². The molecule has 216 valence electrons. The lowest BCUT2D eigenvalue weighted by molar-refractivity contribution is 0.668. The zero-order valence-electron chi connectivity index (χ0n) is 25.9. The van der Waals surface area contributed by atoms with Gasteiger partial charge in [0.05, 0.1) is 0 Å². The van der Waals surface area contributed by atoms with E-state index >= 15 is 0 Å². The van der Waals surface area contributed by atoms with Crippen LogP contribution in [0, 0.1) is 0 Å². The van der Waals surface area contributed by atoms with E-state index in [1.807, 2.05) is 84.9 Å². The number of aromatic nitrogens is 3. The predicted molar refractivity (Wildman–Crippen MR) is 203 cm³/mol. The summed E-state index contributed by atoms with van der Waals surface area (Å²) < 4.78 is 12.7. The minimum Gasteiger partial charge on any atom is -0.456 e. The molecule has 0 spiro atoms. The second-order valence-corrected chi connectivity index (χ2v) is 11.9. The van der Waals surface area contributed by atoms with Gasteiger partial charge in [0.2, 0.25) is 0 Å². The highest BCUT2D eigenvalue weighted by molar-refractivity contribution is 6.68. The van der Waals surface area contributed by atoms with Crippen LogP contribution in [0.1, 0.15) is 0 Å². The Morgan fingerprint density at radius 3 is 1.84 bits per heavy atom. The standard InChI is InChI=1S/C39H18B5N3O2/c40-31-30(32(41)34(43)35(44)33(31)42)39-46-37(19-8-2-1-3-9-19)45-38(47-39)24-13-7-15-28-29(24)25-18-20(16-17-27(25)48-28)21-11-6-12-23-22-10-4-5-14-26(22)49-36(21)23/h1-18H. The van der Waals surface area contributed by atoms with Crippen molar-refractivity contribution >= 4 is 110 Å². The Balaban J connectivity index is 1.30. The summed E-state index contributed by atoms with van der Waals surface area (Å²) >= 11 is 0. The summed E-state index contributed by atoms with van der Waals surface area (Å²) in [5.74, 6) is 1.00. The van der Waals surface area contributed by atoms with E-state index < -0.39 is 0 Å². The van der Waals surface area contributed by atoms with Crippen molar-refractivity contribution in [3.63, 3.8) is 0 Å². The van der Waals surface area contributed by atoms with E-state index in [0.29, 0.717) is 22.8 Å². The molecule has 9 rings (SSSR count). The Morgan fingerprint density at radius 1 is 0.408 bits per heavy atom. The maximum Gasteiger partial charge on any atom is 0.164 e. The van der Waals surface area contributed by atoms with Crippen molar-refractivity contribution in [3.8, 4) is 45.3 Å². The van der Waals surface area contributed by atoms with Gasteiger partial charge in [-0.15, -0.1) is 16.4 Å². The van der Waals surface area contributed by atoms with Crippen molar-refractivity contribution in [1.29, 1.82) is 0 Å². The molecule has 3 aromatic heterocycles. The molecule has 10 radical (unpaired) electrons. The van der Waals surface area contributed by atoms with Crippen LogP contribution in [0.2, 0.25) is 0 Å².